The van der Waals surface area contributed by atoms with Crippen molar-refractivity contribution in [2.75, 3.05) is 6.61 Å². The predicted octanol–water partition coefficient (Wildman–Crippen LogP) is 3.01. The summed E-state index contributed by atoms with van der Waals surface area (Å²) in [5.74, 6) is -0.261. The molecule has 0 N–H and O–H groups in total. The van der Waals surface area contributed by atoms with Crippen molar-refractivity contribution in [3.8, 4) is 5.75 Å². The summed E-state index contributed by atoms with van der Waals surface area (Å²) < 4.78 is 53.7. The summed E-state index contributed by atoms with van der Waals surface area (Å²) in [6, 6.07) is 2.64. The number of non-ortho nitro benzene ring substituents is 1. The molecule has 1 unspecified atom stereocenters. The second-order valence-corrected chi connectivity index (χ2v) is 4.89. The lowest BCUT2D eigenvalue weighted by molar-refractivity contribution is -0.385. The number of benzene rings is 1. The number of halogens is 3. The lowest BCUT2D eigenvalue weighted by Crippen LogP contribution is -2.17. The Morgan fingerprint density at radius 3 is 2.53 bits per heavy atom. The third-order valence-corrected chi connectivity index (χ3v) is 3.15. The molecule has 1 aromatic carbocycles. The molecule has 0 radical (unpaired) electrons. The lowest BCUT2D eigenvalue weighted by Gasteiger charge is -2.12. The van der Waals surface area contributed by atoms with Crippen molar-refractivity contribution in [3.63, 3.8) is 0 Å². The first-order valence-corrected chi connectivity index (χ1v) is 6.32. The molecule has 0 aliphatic rings. The summed E-state index contributed by atoms with van der Waals surface area (Å²) in [5, 5.41) is 10.5. The van der Waals surface area contributed by atoms with Crippen LogP contribution in [0.15, 0.2) is 23.1 Å². The van der Waals surface area contributed by atoms with Gasteiger partial charge in [-0.3, -0.25) is 10.1 Å². The molecule has 106 valence electrons. The summed E-state index contributed by atoms with van der Waals surface area (Å²) in [5.41, 5.74) is -5.57. The lowest BCUT2D eigenvalue weighted by atomic mass is 10.3. The van der Waals surface area contributed by atoms with E-state index in [1.165, 1.54) is 0 Å². The first-order chi connectivity index (χ1) is 8.77. The Bertz CT molecular complexity index is 504. The van der Waals surface area contributed by atoms with Crippen molar-refractivity contribution in [1.29, 1.82) is 0 Å². The van der Waals surface area contributed by atoms with E-state index in [1.807, 2.05) is 0 Å². The topological polar surface area (TPSA) is 69.4 Å². The van der Waals surface area contributed by atoms with Gasteiger partial charge in [0, 0.05) is 12.1 Å². The fourth-order valence-corrected chi connectivity index (χ4v) is 2.00. The highest BCUT2D eigenvalue weighted by Crippen LogP contribution is 2.34. The van der Waals surface area contributed by atoms with Crippen molar-refractivity contribution in [3.05, 3.63) is 28.3 Å². The maximum absolute atomic E-state index is 12.4. The fourth-order valence-electron chi connectivity index (χ4n) is 1.21. The Morgan fingerprint density at radius 1 is 1.42 bits per heavy atom. The summed E-state index contributed by atoms with van der Waals surface area (Å²) in [4.78, 5) is 8.93. The normalized spacial score (nSPS) is 13.1. The molecule has 0 aromatic heterocycles. The molecule has 0 bridgehead atoms. The minimum atomic E-state index is -5.00. The van der Waals surface area contributed by atoms with Crippen molar-refractivity contribution in [1.82, 2.24) is 0 Å². The first kappa shape index (κ1) is 15.4. The highest BCUT2D eigenvalue weighted by Gasteiger charge is 2.40. The van der Waals surface area contributed by atoms with Gasteiger partial charge in [0.25, 0.3) is 5.69 Å². The second kappa shape index (κ2) is 6.00. The zero-order valence-electron chi connectivity index (χ0n) is 9.77. The van der Waals surface area contributed by atoms with Crippen LogP contribution < -0.4 is 4.74 Å². The van der Waals surface area contributed by atoms with Gasteiger partial charge in [-0.1, -0.05) is 6.92 Å². The average molecular weight is 297 g/mol. The van der Waals surface area contributed by atoms with E-state index in [9.17, 15) is 27.5 Å². The van der Waals surface area contributed by atoms with E-state index in [1.54, 1.807) is 6.92 Å². The van der Waals surface area contributed by atoms with Crippen molar-refractivity contribution >= 4 is 16.5 Å². The number of alkyl halides is 3. The Balaban J connectivity index is 3.25. The van der Waals surface area contributed by atoms with Gasteiger partial charge in [-0.25, -0.2) is 4.21 Å². The van der Waals surface area contributed by atoms with Gasteiger partial charge in [0.1, 0.15) is 5.75 Å². The van der Waals surface area contributed by atoms with Crippen LogP contribution in [0.2, 0.25) is 0 Å². The molecule has 0 saturated carbocycles. The van der Waals surface area contributed by atoms with Crippen LogP contribution in [-0.2, 0) is 10.8 Å². The number of nitro groups is 1. The molecule has 19 heavy (non-hydrogen) atoms. The SMILES string of the molecule is CCCOc1ccc([N+](=O)[O-])cc1S(=O)C(F)(F)F. The summed E-state index contributed by atoms with van der Waals surface area (Å²) >= 11 is 0. The maximum atomic E-state index is 12.4. The molecular weight excluding hydrogens is 287 g/mol. The smallest absolute Gasteiger partial charge is 0.475 e. The largest absolute Gasteiger partial charge is 0.492 e. The molecule has 9 heteroatoms. The van der Waals surface area contributed by atoms with Gasteiger partial charge < -0.3 is 4.74 Å². The van der Waals surface area contributed by atoms with Crippen LogP contribution in [0.25, 0.3) is 0 Å². The van der Waals surface area contributed by atoms with E-state index in [4.69, 9.17) is 4.74 Å². The number of nitro benzene ring substituents is 1. The van der Waals surface area contributed by atoms with Gasteiger partial charge in [-0.05, 0) is 12.5 Å². The van der Waals surface area contributed by atoms with Gasteiger partial charge >= 0.3 is 5.51 Å². The standard InChI is InChI=1S/C10H10F3NO4S/c1-2-5-18-8-4-3-7(14(15)16)6-9(8)19(17)10(11,12)13/h3-4,6H,2,5H2,1H3. The molecule has 5 nitrogen and oxygen atoms in total. The summed E-state index contributed by atoms with van der Waals surface area (Å²) in [7, 11) is -3.37. The van der Waals surface area contributed by atoms with Gasteiger partial charge in [0.05, 0.1) is 16.4 Å². The quantitative estimate of drug-likeness (QED) is 0.619. The number of hydrogen-bond donors (Lipinski definition) is 0. The predicted molar refractivity (Wildman–Crippen MR) is 61.3 cm³/mol. The molecular formula is C10H10F3NO4S. The van der Waals surface area contributed by atoms with Gasteiger partial charge in [0.2, 0.25) is 0 Å². The molecule has 1 atom stereocenters. The van der Waals surface area contributed by atoms with Crippen molar-refractivity contribution in [2.45, 2.75) is 23.7 Å². The van der Waals surface area contributed by atoms with Crippen molar-refractivity contribution < 1.29 is 27.0 Å². The minimum absolute atomic E-state index is 0.125. The number of hydrogen-bond acceptors (Lipinski definition) is 4. The van der Waals surface area contributed by atoms with Crippen LogP contribution in [0.3, 0.4) is 0 Å². The number of rotatable bonds is 5. The zero-order chi connectivity index (χ0) is 14.6. The van der Waals surface area contributed by atoms with Gasteiger partial charge in [-0.15, -0.1) is 0 Å². The Morgan fingerprint density at radius 2 is 2.05 bits per heavy atom. The van der Waals surface area contributed by atoms with Crippen LogP contribution in [0.1, 0.15) is 13.3 Å². The molecule has 0 aliphatic carbocycles. The van der Waals surface area contributed by atoms with Crippen LogP contribution >= 0.6 is 0 Å². The van der Waals surface area contributed by atoms with Crippen LogP contribution in [-0.4, -0.2) is 21.2 Å². The van der Waals surface area contributed by atoms with E-state index in [2.05, 4.69) is 0 Å². The van der Waals surface area contributed by atoms with Crippen LogP contribution in [0.4, 0.5) is 18.9 Å². The van der Waals surface area contributed by atoms with Gasteiger partial charge in [-0.2, -0.15) is 13.2 Å². The maximum Gasteiger partial charge on any atom is 0.475 e. The third-order valence-electron chi connectivity index (χ3n) is 2.01. The van der Waals surface area contributed by atoms with E-state index >= 15 is 0 Å². The van der Waals surface area contributed by atoms with Crippen LogP contribution in [0.5, 0.6) is 5.75 Å². The number of ether oxygens (including phenoxy) is 1. The van der Waals surface area contributed by atoms with E-state index in [-0.39, 0.29) is 12.4 Å². The van der Waals surface area contributed by atoms with E-state index in [0.29, 0.717) is 12.5 Å². The Labute approximate surface area is 109 Å². The molecule has 1 aromatic rings. The molecule has 0 aliphatic heterocycles. The highest BCUT2D eigenvalue weighted by atomic mass is 32.2. The Hall–Kier alpha value is -1.64. The molecule has 0 saturated heterocycles. The fraction of sp³-hybridized carbons (Fsp3) is 0.400. The molecule has 0 amide bonds. The van der Waals surface area contributed by atoms with Gasteiger partial charge in [0.15, 0.2) is 10.8 Å². The molecule has 0 fully saturated rings. The minimum Gasteiger partial charge on any atom is -0.492 e. The monoisotopic (exact) mass is 297 g/mol. The summed E-state index contributed by atoms with van der Waals surface area (Å²) in [6.07, 6.45) is 0.537. The zero-order valence-corrected chi connectivity index (χ0v) is 10.6. The third kappa shape index (κ3) is 3.91. The second-order valence-electron chi connectivity index (χ2n) is 3.45. The Kier molecular flexibility index (Phi) is 4.87. The van der Waals surface area contributed by atoms with E-state index < -0.39 is 31.8 Å². The molecule has 1 rings (SSSR count). The van der Waals surface area contributed by atoms with Crippen molar-refractivity contribution in [2.24, 2.45) is 0 Å². The number of nitrogens with zero attached hydrogens (tertiary/aromatic N) is 1. The first-order valence-electron chi connectivity index (χ1n) is 5.17. The molecule has 0 spiro atoms. The summed E-state index contributed by atoms with van der Waals surface area (Å²) in [6.45, 7) is 1.87. The van der Waals surface area contributed by atoms with E-state index in [0.717, 1.165) is 12.1 Å². The highest BCUT2D eigenvalue weighted by molar-refractivity contribution is 7.86. The molecule has 0 heterocycles. The average Bonchev–Trinajstić information content (AvgIpc) is 2.34. The van der Waals surface area contributed by atoms with Crippen LogP contribution in [0, 0.1) is 10.1 Å².